The van der Waals surface area contributed by atoms with Gasteiger partial charge in [-0.15, -0.1) is 0 Å². The van der Waals surface area contributed by atoms with Gasteiger partial charge in [-0.1, -0.05) is 6.07 Å². The molecule has 92 valence electrons. The van der Waals surface area contributed by atoms with Crippen LogP contribution in [0.3, 0.4) is 0 Å². The van der Waals surface area contributed by atoms with Crippen LogP contribution in [0.1, 0.15) is 16.1 Å². The van der Waals surface area contributed by atoms with E-state index in [0.717, 1.165) is 0 Å². The number of nitrogens with one attached hydrogen (secondary N) is 1. The van der Waals surface area contributed by atoms with Crippen LogP contribution in [0, 0.1) is 12.7 Å². The topological polar surface area (TPSA) is 62.2 Å². The molecule has 0 unspecified atom stereocenters. The molecule has 2 rings (SSSR count). The van der Waals surface area contributed by atoms with E-state index < -0.39 is 5.97 Å². The monoisotopic (exact) mass is 246 g/mol. The van der Waals surface area contributed by atoms with E-state index in [1.165, 1.54) is 18.3 Å². The molecule has 0 aliphatic rings. The zero-order valence-corrected chi connectivity index (χ0v) is 9.64. The van der Waals surface area contributed by atoms with Gasteiger partial charge in [0.05, 0.1) is 11.9 Å². The zero-order valence-electron chi connectivity index (χ0n) is 9.64. The van der Waals surface area contributed by atoms with Gasteiger partial charge in [-0.2, -0.15) is 0 Å². The van der Waals surface area contributed by atoms with Crippen molar-refractivity contribution in [3.63, 3.8) is 0 Å². The maximum Gasteiger partial charge on any atom is 0.354 e. The Morgan fingerprint density at radius 1 is 1.28 bits per heavy atom. The van der Waals surface area contributed by atoms with Crippen molar-refractivity contribution in [2.24, 2.45) is 0 Å². The van der Waals surface area contributed by atoms with Crippen molar-refractivity contribution in [2.45, 2.75) is 6.92 Å². The summed E-state index contributed by atoms with van der Waals surface area (Å²) in [6.07, 6.45) is 1.39. The predicted octanol–water partition coefficient (Wildman–Crippen LogP) is 2.97. The van der Waals surface area contributed by atoms with E-state index in [0.29, 0.717) is 16.9 Å². The minimum Gasteiger partial charge on any atom is -0.477 e. The summed E-state index contributed by atoms with van der Waals surface area (Å²) in [6, 6.07) is 7.74. The molecule has 2 aromatic rings. The molecule has 0 radical (unpaired) electrons. The van der Waals surface area contributed by atoms with Crippen LogP contribution in [0.25, 0.3) is 0 Å². The van der Waals surface area contributed by atoms with Crippen molar-refractivity contribution in [1.29, 1.82) is 0 Å². The molecule has 0 amide bonds. The summed E-state index contributed by atoms with van der Waals surface area (Å²) in [6.45, 7) is 1.68. The second-order valence-corrected chi connectivity index (χ2v) is 3.83. The fraction of sp³-hybridized carbons (Fsp3) is 0.0769. The molecule has 0 saturated heterocycles. The van der Waals surface area contributed by atoms with Crippen LogP contribution in [0.4, 0.5) is 15.8 Å². The normalized spacial score (nSPS) is 10.1. The first-order chi connectivity index (χ1) is 8.56. The van der Waals surface area contributed by atoms with Crippen molar-refractivity contribution < 1.29 is 14.3 Å². The van der Waals surface area contributed by atoms with Crippen molar-refractivity contribution in [3.05, 3.63) is 53.6 Å². The molecule has 4 nitrogen and oxygen atoms in total. The highest BCUT2D eigenvalue weighted by atomic mass is 19.1. The van der Waals surface area contributed by atoms with E-state index >= 15 is 0 Å². The number of anilines is 2. The Bertz CT molecular complexity index is 582. The Labute approximate surface area is 103 Å². The molecular formula is C13H11FN2O2. The Hall–Kier alpha value is -2.43. The molecule has 0 spiro atoms. The van der Waals surface area contributed by atoms with Crippen LogP contribution in [0.15, 0.2) is 36.5 Å². The van der Waals surface area contributed by atoms with Crippen LogP contribution in [-0.2, 0) is 0 Å². The van der Waals surface area contributed by atoms with E-state index in [-0.39, 0.29) is 11.5 Å². The Morgan fingerprint density at radius 3 is 2.56 bits per heavy atom. The minimum absolute atomic E-state index is 0.0318. The van der Waals surface area contributed by atoms with Gasteiger partial charge in [0.2, 0.25) is 0 Å². The predicted molar refractivity (Wildman–Crippen MR) is 65.6 cm³/mol. The quantitative estimate of drug-likeness (QED) is 0.874. The standard InChI is InChI=1S/C13H11FN2O2/c1-8-2-3-9(6-11(8)14)16-10-4-5-12(13(17)18)15-7-10/h2-7,16H,1H3,(H,17,18). The SMILES string of the molecule is Cc1ccc(Nc2ccc(C(=O)O)nc2)cc1F. The van der Waals surface area contributed by atoms with Gasteiger partial charge in [0, 0.05) is 5.69 Å². The summed E-state index contributed by atoms with van der Waals surface area (Å²) in [5.74, 6) is -1.38. The number of pyridine rings is 1. The van der Waals surface area contributed by atoms with Gasteiger partial charge in [0.25, 0.3) is 0 Å². The third-order valence-corrected chi connectivity index (χ3v) is 2.44. The highest BCUT2D eigenvalue weighted by Gasteiger charge is 2.04. The third kappa shape index (κ3) is 2.63. The fourth-order valence-corrected chi connectivity index (χ4v) is 1.43. The number of carboxylic acids is 1. The number of aromatic carboxylic acids is 1. The van der Waals surface area contributed by atoms with Gasteiger partial charge in [0.15, 0.2) is 0 Å². The van der Waals surface area contributed by atoms with Crippen LogP contribution in [0.5, 0.6) is 0 Å². The van der Waals surface area contributed by atoms with E-state index in [2.05, 4.69) is 10.3 Å². The number of nitrogens with zero attached hydrogens (tertiary/aromatic N) is 1. The average molecular weight is 246 g/mol. The number of benzene rings is 1. The number of carbonyl (C=O) groups is 1. The first kappa shape index (κ1) is 12.0. The molecule has 0 fully saturated rings. The summed E-state index contributed by atoms with van der Waals surface area (Å²) in [4.78, 5) is 14.4. The van der Waals surface area contributed by atoms with Crippen LogP contribution >= 0.6 is 0 Å². The van der Waals surface area contributed by atoms with Crippen LogP contribution in [0.2, 0.25) is 0 Å². The first-order valence-corrected chi connectivity index (χ1v) is 5.29. The van der Waals surface area contributed by atoms with E-state index in [4.69, 9.17) is 5.11 Å². The van der Waals surface area contributed by atoms with Gasteiger partial charge in [-0.3, -0.25) is 0 Å². The number of hydrogen-bond acceptors (Lipinski definition) is 3. The summed E-state index contributed by atoms with van der Waals surface area (Å²) in [5, 5.41) is 11.6. The minimum atomic E-state index is -1.08. The molecule has 1 aromatic heterocycles. The fourth-order valence-electron chi connectivity index (χ4n) is 1.43. The van der Waals surface area contributed by atoms with E-state index in [1.807, 2.05) is 0 Å². The zero-order chi connectivity index (χ0) is 13.1. The van der Waals surface area contributed by atoms with Crippen molar-refractivity contribution >= 4 is 17.3 Å². The number of carboxylic acid groups (broad SMARTS) is 1. The largest absolute Gasteiger partial charge is 0.477 e. The second-order valence-electron chi connectivity index (χ2n) is 3.83. The third-order valence-electron chi connectivity index (χ3n) is 2.44. The lowest BCUT2D eigenvalue weighted by Gasteiger charge is -2.07. The Morgan fingerprint density at radius 2 is 2.00 bits per heavy atom. The number of hydrogen-bond donors (Lipinski definition) is 2. The van der Waals surface area contributed by atoms with Gasteiger partial charge in [-0.25, -0.2) is 14.2 Å². The lowest BCUT2D eigenvalue weighted by atomic mass is 10.2. The summed E-state index contributed by atoms with van der Waals surface area (Å²) in [7, 11) is 0. The van der Waals surface area contributed by atoms with Crippen LogP contribution in [-0.4, -0.2) is 16.1 Å². The number of rotatable bonds is 3. The van der Waals surface area contributed by atoms with E-state index in [1.54, 1.807) is 25.1 Å². The van der Waals surface area contributed by atoms with Gasteiger partial charge in [0.1, 0.15) is 11.5 Å². The van der Waals surface area contributed by atoms with Crippen molar-refractivity contribution in [1.82, 2.24) is 4.98 Å². The molecule has 0 saturated carbocycles. The van der Waals surface area contributed by atoms with Crippen LogP contribution < -0.4 is 5.32 Å². The van der Waals surface area contributed by atoms with Gasteiger partial charge >= 0.3 is 5.97 Å². The molecule has 1 aromatic carbocycles. The maximum atomic E-state index is 13.3. The first-order valence-electron chi connectivity index (χ1n) is 5.29. The lowest BCUT2D eigenvalue weighted by Crippen LogP contribution is -2.00. The molecule has 1 heterocycles. The molecule has 18 heavy (non-hydrogen) atoms. The smallest absolute Gasteiger partial charge is 0.354 e. The van der Waals surface area contributed by atoms with Crippen molar-refractivity contribution in [3.8, 4) is 0 Å². The second kappa shape index (κ2) is 4.83. The average Bonchev–Trinajstić information content (AvgIpc) is 2.34. The van der Waals surface area contributed by atoms with Gasteiger partial charge in [-0.05, 0) is 36.8 Å². The molecule has 0 bridgehead atoms. The molecule has 2 N–H and O–H groups in total. The molecular weight excluding hydrogens is 235 g/mol. The molecule has 0 aliphatic carbocycles. The Balaban J connectivity index is 2.18. The molecule has 0 aliphatic heterocycles. The maximum absolute atomic E-state index is 13.3. The van der Waals surface area contributed by atoms with E-state index in [9.17, 15) is 9.18 Å². The van der Waals surface area contributed by atoms with Crippen molar-refractivity contribution in [2.75, 3.05) is 5.32 Å². The Kier molecular flexibility index (Phi) is 3.23. The highest BCUT2D eigenvalue weighted by molar-refractivity contribution is 5.85. The summed E-state index contributed by atoms with van der Waals surface area (Å²) >= 11 is 0. The van der Waals surface area contributed by atoms with Gasteiger partial charge < -0.3 is 10.4 Å². The molecule has 5 heteroatoms. The molecule has 0 atom stereocenters. The number of aryl methyl sites for hydroxylation is 1. The number of halogens is 1. The lowest BCUT2D eigenvalue weighted by molar-refractivity contribution is 0.0690. The number of aromatic nitrogens is 1. The highest BCUT2D eigenvalue weighted by Crippen LogP contribution is 2.18. The summed E-state index contributed by atoms with van der Waals surface area (Å²) in [5.41, 5.74) is 1.72. The summed E-state index contributed by atoms with van der Waals surface area (Å²) < 4.78 is 13.3.